The van der Waals surface area contributed by atoms with E-state index in [2.05, 4.69) is 20.8 Å². The van der Waals surface area contributed by atoms with Crippen LogP contribution in [0.1, 0.15) is 39.2 Å². The van der Waals surface area contributed by atoms with Crippen molar-refractivity contribution in [3.8, 4) is 11.4 Å². The highest BCUT2D eigenvalue weighted by molar-refractivity contribution is 5.94. The van der Waals surface area contributed by atoms with Gasteiger partial charge in [0.15, 0.2) is 5.82 Å². The molecule has 27 heavy (non-hydrogen) atoms. The number of urea groups is 1. The number of hydrogen-bond donors (Lipinski definition) is 1. The molecule has 0 radical (unpaired) electrons. The minimum atomic E-state index is -0.0552. The molecule has 144 valence electrons. The zero-order chi connectivity index (χ0) is 18.8. The highest BCUT2D eigenvalue weighted by Gasteiger charge is 2.35. The number of anilines is 1. The van der Waals surface area contributed by atoms with Crippen LogP contribution in [0.5, 0.6) is 0 Å². The number of nitrogens with one attached hydrogen (secondary N) is 1. The van der Waals surface area contributed by atoms with Crippen LogP contribution in [0.25, 0.3) is 11.4 Å². The molecule has 2 aromatic rings. The van der Waals surface area contributed by atoms with Gasteiger partial charge in [0.1, 0.15) is 0 Å². The molecule has 4 rings (SSSR count). The summed E-state index contributed by atoms with van der Waals surface area (Å²) in [5.74, 6) is 1.09. The lowest BCUT2D eigenvalue weighted by Gasteiger charge is -2.26. The van der Waals surface area contributed by atoms with Crippen molar-refractivity contribution in [3.05, 3.63) is 24.3 Å². The molecule has 1 saturated carbocycles. The van der Waals surface area contributed by atoms with Gasteiger partial charge in [-0.05, 0) is 55.7 Å². The number of carbonyl (C=O) groups is 1. The molecule has 1 aliphatic carbocycles. The predicted molar refractivity (Wildman–Crippen MR) is 101 cm³/mol. The van der Waals surface area contributed by atoms with Crippen LogP contribution in [0.3, 0.4) is 0 Å². The first-order chi connectivity index (χ1) is 13.1. The molecule has 2 amide bonds. The number of nitrogens with zero attached hydrogens (tertiary/aromatic N) is 5. The fraction of sp³-hybridized carbons (Fsp3) is 0.579. The molecule has 2 fully saturated rings. The zero-order valence-electron chi connectivity index (χ0n) is 15.8. The number of amides is 2. The number of aromatic nitrogens is 4. The van der Waals surface area contributed by atoms with Crippen molar-refractivity contribution in [1.82, 2.24) is 25.1 Å². The Morgan fingerprint density at radius 2 is 2.15 bits per heavy atom. The first kappa shape index (κ1) is 17.9. The quantitative estimate of drug-likeness (QED) is 0.845. The number of carbonyl (C=O) groups excluding carboxylic acids is 1. The molecule has 0 unspecified atom stereocenters. The van der Waals surface area contributed by atoms with E-state index < -0.39 is 0 Å². The molecule has 1 aliphatic heterocycles. The van der Waals surface area contributed by atoms with Crippen LogP contribution < -0.4 is 5.32 Å². The minimum absolute atomic E-state index is 0.0552. The molecular weight excluding hydrogens is 344 g/mol. The van der Waals surface area contributed by atoms with Gasteiger partial charge in [-0.15, -0.1) is 5.10 Å². The fourth-order valence-corrected chi connectivity index (χ4v) is 3.48. The number of hydrogen-bond acceptors (Lipinski definition) is 5. The lowest BCUT2D eigenvalue weighted by molar-refractivity contribution is 0.167. The van der Waals surface area contributed by atoms with Crippen molar-refractivity contribution in [2.24, 2.45) is 5.92 Å². The Morgan fingerprint density at radius 3 is 2.85 bits per heavy atom. The van der Waals surface area contributed by atoms with E-state index in [1.165, 1.54) is 0 Å². The SMILES string of the molecule is CC(C)n1nnnc1-c1ccccc1NC(=O)N(C[C@@H]1CCOC1)C1CC1. The van der Waals surface area contributed by atoms with E-state index in [0.29, 0.717) is 17.8 Å². The van der Waals surface area contributed by atoms with Gasteiger partial charge in [-0.3, -0.25) is 0 Å². The van der Waals surface area contributed by atoms with Crippen LogP contribution in [-0.4, -0.2) is 56.9 Å². The van der Waals surface area contributed by atoms with Crippen molar-refractivity contribution < 1.29 is 9.53 Å². The molecule has 1 saturated heterocycles. The first-order valence-corrected chi connectivity index (χ1v) is 9.66. The fourth-order valence-electron chi connectivity index (χ4n) is 3.48. The van der Waals surface area contributed by atoms with Gasteiger partial charge in [-0.25, -0.2) is 9.48 Å². The summed E-state index contributed by atoms with van der Waals surface area (Å²) in [6.07, 6.45) is 3.18. The Labute approximate surface area is 158 Å². The standard InChI is InChI=1S/C19H26N6O2/c1-13(2)25-18(21-22-23-25)16-5-3-4-6-17(16)20-19(26)24(15-7-8-15)11-14-9-10-27-12-14/h3-6,13-15H,7-12H2,1-2H3,(H,20,26)/t14-/m0/s1. The highest BCUT2D eigenvalue weighted by Crippen LogP contribution is 2.31. The van der Waals surface area contributed by atoms with Crippen molar-refractivity contribution in [2.75, 3.05) is 25.1 Å². The number of tetrazole rings is 1. The lowest BCUT2D eigenvalue weighted by Crippen LogP contribution is -2.40. The lowest BCUT2D eigenvalue weighted by atomic mass is 10.1. The van der Waals surface area contributed by atoms with Gasteiger partial charge < -0.3 is 15.0 Å². The zero-order valence-corrected chi connectivity index (χ0v) is 15.8. The average molecular weight is 370 g/mol. The smallest absolute Gasteiger partial charge is 0.322 e. The first-order valence-electron chi connectivity index (χ1n) is 9.66. The molecular formula is C19H26N6O2. The maximum Gasteiger partial charge on any atom is 0.322 e. The normalized spacial score (nSPS) is 19.4. The second kappa shape index (κ2) is 7.64. The van der Waals surface area contributed by atoms with Gasteiger partial charge in [-0.2, -0.15) is 0 Å². The van der Waals surface area contributed by atoms with Gasteiger partial charge >= 0.3 is 6.03 Å². The average Bonchev–Trinajstić information content (AvgIpc) is 3.16. The molecule has 8 heteroatoms. The van der Waals surface area contributed by atoms with Crippen LogP contribution in [0.2, 0.25) is 0 Å². The molecule has 0 spiro atoms. The summed E-state index contributed by atoms with van der Waals surface area (Å²) < 4.78 is 7.24. The topological polar surface area (TPSA) is 85.2 Å². The summed E-state index contributed by atoms with van der Waals surface area (Å²) in [4.78, 5) is 15.0. The summed E-state index contributed by atoms with van der Waals surface area (Å²) in [6, 6.07) is 8.10. The van der Waals surface area contributed by atoms with Gasteiger partial charge in [0.25, 0.3) is 0 Å². The Balaban J connectivity index is 1.55. The summed E-state index contributed by atoms with van der Waals surface area (Å²) in [5, 5.41) is 15.1. The van der Waals surface area contributed by atoms with Crippen LogP contribution in [-0.2, 0) is 4.74 Å². The van der Waals surface area contributed by atoms with Crippen LogP contribution in [0.15, 0.2) is 24.3 Å². The second-order valence-electron chi connectivity index (χ2n) is 7.63. The summed E-state index contributed by atoms with van der Waals surface area (Å²) in [6.45, 7) is 6.35. The van der Waals surface area contributed by atoms with E-state index in [-0.39, 0.29) is 12.1 Å². The second-order valence-corrected chi connectivity index (χ2v) is 7.63. The van der Waals surface area contributed by atoms with E-state index in [1.807, 2.05) is 43.0 Å². The van der Waals surface area contributed by atoms with Gasteiger partial charge in [0.2, 0.25) is 0 Å². The van der Waals surface area contributed by atoms with Crippen LogP contribution in [0, 0.1) is 5.92 Å². The molecule has 2 aliphatic rings. The third-order valence-corrected chi connectivity index (χ3v) is 5.12. The van der Waals surface area contributed by atoms with E-state index in [1.54, 1.807) is 4.68 Å². The van der Waals surface area contributed by atoms with Gasteiger partial charge in [0, 0.05) is 30.7 Å². The molecule has 0 bridgehead atoms. The summed E-state index contributed by atoms with van der Waals surface area (Å²) >= 11 is 0. The van der Waals surface area contributed by atoms with Gasteiger partial charge in [-0.1, -0.05) is 12.1 Å². The molecule has 1 N–H and O–H groups in total. The molecule has 2 heterocycles. The Morgan fingerprint density at radius 1 is 1.33 bits per heavy atom. The van der Waals surface area contributed by atoms with Crippen LogP contribution in [0.4, 0.5) is 10.5 Å². The van der Waals surface area contributed by atoms with Crippen molar-refractivity contribution in [3.63, 3.8) is 0 Å². The molecule has 1 atom stereocenters. The van der Waals surface area contributed by atoms with Crippen molar-refractivity contribution >= 4 is 11.7 Å². The van der Waals surface area contributed by atoms with E-state index in [0.717, 1.165) is 50.3 Å². The van der Waals surface area contributed by atoms with Crippen molar-refractivity contribution in [2.45, 2.75) is 45.2 Å². The van der Waals surface area contributed by atoms with E-state index in [4.69, 9.17) is 4.74 Å². The number of benzene rings is 1. The van der Waals surface area contributed by atoms with Crippen molar-refractivity contribution in [1.29, 1.82) is 0 Å². The highest BCUT2D eigenvalue weighted by atomic mass is 16.5. The maximum atomic E-state index is 13.0. The number of ether oxygens (including phenoxy) is 1. The van der Waals surface area contributed by atoms with E-state index in [9.17, 15) is 4.79 Å². The largest absolute Gasteiger partial charge is 0.381 e. The molecule has 1 aromatic carbocycles. The summed E-state index contributed by atoms with van der Waals surface area (Å²) in [7, 11) is 0. The Kier molecular flexibility index (Phi) is 5.07. The predicted octanol–water partition coefficient (Wildman–Crippen LogP) is 2.95. The van der Waals surface area contributed by atoms with Gasteiger partial charge in [0.05, 0.1) is 18.3 Å². The molecule has 1 aromatic heterocycles. The van der Waals surface area contributed by atoms with E-state index >= 15 is 0 Å². The number of rotatable bonds is 6. The Bertz CT molecular complexity index is 795. The maximum absolute atomic E-state index is 13.0. The number of para-hydroxylation sites is 1. The van der Waals surface area contributed by atoms with Crippen LogP contribution >= 0.6 is 0 Å². The molecule has 8 nitrogen and oxygen atoms in total. The summed E-state index contributed by atoms with van der Waals surface area (Å²) in [5.41, 5.74) is 1.55. The third-order valence-electron chi connectivity index (χ3n) is 5.12. The monoisotopic (exact) mass is 370 g/mol. The minimum Gasteiger partial charge on any atom is -0.381 e. The Hall–Kier alpha value is -2.48. The third kappa shape index (κ3) is 3.95.